The van der Waals surface area contributed by atoms with Gasteiger partial charge in [-0.15, -0.1) is 0 Å². The highest BCUT2D eigenvalue weighted by Gasteiger charge is 2.44. The van der Waals surface area contributed by atoms with Gasteiger partial charge >= 0.3 is 0 Å². The second kappa shape index (κ2) is 3.62. The molecule has 0 radical (unpaired) electrons. The zero-order valence-electron chi connectivity index (χ0n) is 9.62. The molecule has 2 heteroatoms. The quantitative estimate of drug-likeness (QED) is 0.740. The molecule has 0 N–H and O–H groups in total. The fourth-order valence-electron chi connectivity index (χ4n) is 1.93. The molecule has 2 rings (SSSR count). The number of benzene rings is 1. The van der Waals surface area contributed by atoms with Crippen LogP contribution >= 0.6 is 0 Å². The van der Waals surface area contributed by atoms with Gasteiger partial charge in [-0.25, -0.2) is 0 Å². The lowest BCUT2D eigenvalue weighted by Gasteiger charge is -2.27. The summed E-state index contributed by atoms with van der Waals surface area (Å²) < 4.78 is 11.8. The molecule has 1 heterocycles. The van der Waals surface area contributed by atoms with Crippen molar-refractivity contribution in [2.24, 2.45) is 0 Å². The van der Waals surface area contributed by atoms with Crippen molar-refractivity contribution in [3.8, 4) is 0 Å². The molecule has 1 aromatic rings. The molecular weight excluding hydrogens is 188 g/mol. The molecule has 2 nitrogen and oxygen atoms in total. The van der Waals surface area contributed by atoms with Crippen molar-refractivity contribution in [3.63, 3.8) is 0 Å². The molecule has 1 fully saturated rings. The highest BCUT2D eigenvalue weighted by Crippen LogP contribution is 2.39. The Hall–Kier alpha value is -0.860. The van der Waals surface area contributed by atoms with E-state index in [0.29, 0.717) is 6.61 Å². The van der Waals surface area contributed by atoms with Crippen LogP contribution in [-0.2, 0) is 15.1 Å². The second-order valence-electron chi connectivity index (χ2n) is 4.47. The largest absolute Gasteiger partial charge is 0.347 e. The van der Waals surface area contributed by atoms with Crippen molar-refractivity contribution in [2.45, 2.75) is 38.6 Å². The maximum absolute atomic E-state index is 6.05. The van der Waals surface area contributed by atoms with Gasteiger partial charge in [-0.1, -0.05) is 37.3 Å². The molecule has 1 aliphatic rings. The average Bonchev–Trinajstić information content (AvgIpc) is 2.59. The Balaban J connectivity index is 2.24. The van der Waals surface area contributed by atoms with E-state index < -0.39 is 5.79 Å². The van der Waals surface area contributed by atoms with Gasteiger partial charge in [-0.3, -0.25) is 0 Å². The van der Waals surface area contributed by atoms with Gasteiger partial charge in [0.05, 0.1) is 6.61 Å². The smallest absolute Gasteiger partial charge is 0.166 e. The van der Waals surface area contributed by atoms with E-state index in [0.717, 1.165) is 6.42 Å². The Bertz CT molecular complexity index is 336. The molecule has 1 aliphatic heterocycles. The molecule has 0 bridgehead atoms. The van der Waals surface area contributed by atoms with Crippen LogP contribution in [-0.4, -0.2) is 12.4 Å². The lowest BCUT2D eigenvalue weighted by Crippen LogP contribution is -2.30. The minimum absolute atomic E-state index is 0.300. The van der Waals surface area contributed by atoms with Crippen LogP contribution in [0.4, 0.5) is 0 Å². The Morgan fingerprint density at radius 2 is 1.87 bits per heavy atom. The van der Waals surface area contributed by atoms with Gasteiger partial charge < -0.3 is 9.47 Å². The van der Waals surface area contributed by atoms with Crippen molar-refractivity contribution in [1.29, 1.82) is 0 Å². The number of rotatable bonds is 2. The van der Waals surface area contributed by atoms with Gasteiger partial charge in [0.15, 0.2) is 5.79 Å². The van der Waals surface area contributed by atoms with Crippen LogP contribution in [0.15, 0.2) is 30.3 Å². The fraction of sp³-hybridized carbons (Fsp3) is 0.538. The monoisotopic (exact) mass is 206 g/mol. The molecule has 0 spiro atoms. The molecule has 0 aliphatic carbocycles. The normalized spacial score (nSPS) is 35.7. The van der Waals surface area contributed by atoms with Crippen molar-refractivity contribution in [1.82, 2.24) is 0 Å². The van der Waals surface area contributed by atoms with E-state index in [1.807, 2.05) is 25.1 Å². The summed E-state index contributed by atoms with van der Waals surface area (Å²) in [4.78, 5) is 0. The first-order valence-corrected chi connectivity index (χ1v) is 5.48. The van der Waals surface area contributed by atoms with E-state index in [9.17, 15) is 0 Å². The van der Waals surface area contributed by atoms with Crippen LogP contribution in [0.25, 0.3) is 0 Å². The summed E-state index contributed by atoms with van der Waals surface area (Å²) in [7, 11) is 0. The summed E-state index contributed by atoms with van der Waals surface area (Å²) in [6.45, 7) is 6.79. The topological polar surface area (TPSA) is 18.5 Å². The van der Waals surface area contributed by atoms with Gasteiger partial charge in [0.25, 0.3) is 0 Å². The second-order valence-corrected chi connectivity index (χ2v) is 4.47. The standard InChI is InChI=1S/C13H18O2/c1-4-13(3)14-10-12(2,15-13)11-8-6-5-7-9-11/h5-9H,4,10H2,1-3H3. The van der Waals surface area contributed by atoms with Crippen LogP contribution < -0.4 is 0 Å². The molecular formula is C13H18O2. The molecule has 2 atom stereocenters. The SMILES string of the molecule is CCC1(C)OCC(C)(c2ccccc2)O1. The predicted octanol–water partition coefficient (Wildman–Crippen LogP) is 3.07. The van der Waals surface area contributed by atoms with E-state index in [2.05, 4.69) is 26.0 Å². The lowest BCUT2D eigenvalue weighted by atomic mass is 9.97. The predicted molar refractivity (Wildman–Crippen MR) is 59.5 cm³/mol. The first-order chi connectivity index (χ1) is 7.08. The van der Waals surface area contributed by atoms with E-state index in [1.165, 1.54) is 5.56 Å². The first kappa shape index (κ1) is 10.7. The fourth-order valence-corrected chi connectivity index (χ4v) is 1.93. The summed E-state index contributed by atoms with van der Waals surface area (Å²) in [6, 6.07) is 10.3. The number of hydrogen-bond acceptors (Lipinski definition) is 2. The lowest BCUT2D eigenvalue weighted by molar-refractivity contribution is -0.174. The zero-order valence-corrected chi connectivity index (χ0v) is 9.62. The Morgan fingerprint density at radius 1 is 1.20 bits per heavy atom. The molecule has 1 saturated heterocycles. The first-order valence-electron chi connectivity index (χ1n) is 5.48. The summed E-state index contributed by atoms with van der Waals surface area (Å²) in [6.07, 6.45) is 0.870. The molecule has 2 unspecified atom stereocenters. The third-order valence-electron chi connectivity index (χ3n) is 3.12. The molecule has 15 heavy (non-hydrogen) atoms. The van der Waals surface area contributed by atoms with Gasteiger partial charge in [0.2, 0.25) is 0 Å². The molecule has 1 aromatic carbocycles. The van der Waals surface area contributed by atoms with Crippen molar-refractivity contribution < 1.29 is 9.47 Å². The summed E-state index contributed by atoms with van der Waals surface area (Å²) in [5, 5.41) is 0. The zero-order chi connectivity index (χ0) is 10.9. The van der Waals surface area contributed by atoms with Crippen LogP contribution in [0.1, 0.15) is 32.8 Å². The maximum Gasteiger partial charge on any atom is 0.166 e. The minimum atomic E-state index is -0.426. The van der Waals surface area contributed by atoms with Crippen LogP contribution in [0.5, 0.6) is 0 Å². The van der Waals surface area contributed by atoms with Gasteiger partial charge in [-0.05, 0) is 25.8 Å². The van der Waals surface area contributed by atoms with Crippen LogP contribution in [0.3, 0.4) is 0 Å². The summed E-state index contributed by atoms with van der Waals surface area (Å²) in [5.74, 6) is -0.426. The van der Waals surface area contributed by atoms with E-state index >= 15 is 0 Å². The highest BCUT2D eigenvalue weighted by atomic mass is 16.8. The number of hydrogen-bond donors (Lipinski definition) is 0. The Morgan fingerprint density at radius 3 is 2.40 bits per heavy atom. The molecule has 0 amide bonds. The van der Waals surface area contributed by atoms with E-state index in [-0.39, 0.29) is 5.60 Å². The minimum Gasteiger partial charge on any atom is -0.347 e. The van der Waals surface area contributed by atoms with E-state index in [4.69, 9.17) is 9.47 Å². The van der Waals surface area contributed by atoms with Crippen molar-refractivity contribution in [3.05, 3.63) is 35.9 Å². The van der Waals surface area contributed by atoms with Crippen molar-refractivity contribution in [2.75, 3.05) is 6.61 Å². The average molecular weight is 206 g/mol. The molecule has 0 saturated carbocycles. The third kappa shape index (κ3) is 1.92. The third-order valence-corrected chi connectivity index (χ3v) is 3.12. The Kier molecular flexibility index (Phi) is 2.57. The van der Waals surface area contributed by atoms with Crippen molar-refractivity contribution >= 4 is 0 Å². The summed E-state index contributed by atoms with van der Waals surface area (Å²) >= 11 is 0. The van der Waals surface area contributed by atoms with Gasteiger partial charge in [0, 0.05) is 0 Å². The van der Waals surface area contributed by atoms with Gasteiger partial charge in [0.1, 0.15) is 5.60 Å². The Labute approximate surface area is 91.2 Å². The molecule has 0 aromatic heterocycles. The van der Waals surface area contributed by atoms with E-state index in [1.54, 1.807) is 0 Å². The van der Waals surface area contributed by atoms with Gasteiger partial charge in [-0.2, -0.15) is 0 Å². The van der Waals surface area contributed by atoms with Crippen LogP contribution in [0, 0.1) is 0 Å². The highest BCUT2D eigenvalue weighted by molar-refractivity contribution is 5.22. The summed E-state index contributed by atoms with van der Waals surface area (Å²) in [5.41, 5.74) is 0.883. The molecule has 82 valence electrons. The number of ether oxygens (including phenoxy) is 2. The maximum atomic E-state index is 6.05. The van der Waals surface area contributed by atoms with Crippen LogP contribution in [0.2, 0.25) is 0 Å².